The second-order valence-corrected chi connectivity index (χ2v) is 6.29. The number of rotatable bonds is 4. The molecule has 1 aromatic rings. The zero-order valence-corrected chi connectivity index (χ0v) is 12.2. The molecule has 0 saturated heterocycles. The fourth-order valence-corrected chi connectivity index (χ4v) is 3.26. The van der Waals surface area contributed by atoms with E-state index in [9.17, 15) is 5.11 Å². The van der Waals surface area contributed by atoms with E-state index in [1.54, 1.807) is 7.11 Å². The summed E-state index contributed by atoms with van der Waals surface area (Å²) in [6, 6.07) is 6.29. The van der Waals surface area contributed by atoms with Crippen molar-refractivity contribution >= 4 is 0 Å². The quantitative estimate of drug-likeness (QED) is 0.876. The number of hydrogen-bond acceptors (Lipinski definition) is 3. The summed E-state index contributed by atoms with van der Waals surface area (Å²) in [4.78, 5) is 0. The van der Waals surface area contributed by atoms with Crippen LogP contribution in [-0.4, -0.2) is 24.4 Å². The Morgan fingerprint density at radius 3 is 2.68 bits per heavy atom. The van der Waals surface area contributed by atoms with Gasteiger partial charge in [0.05, 0.1) is 7.11 Å². The fraction of sp³-hybridized carbons (Fsp3) is 0.625. The molecule has 0 aromatic heterocycles. The van der Waals surface area contributed by atoms with E-state index < -0.39 is 0 Å². The molecular weight excluding hydrogens is 238 g/mol. The average molecular weight is 263 g/mol. The van der Waals surface area contributed by atoms with Gasteiger partial charge in [-0.1, -0.05) is 6.07 Å². The van der Waals surface area contributed by atoms with Crippen LogP contribution in [0.3, 0.4) is 0 Å². The zero-order valence-electron chi connectivity index (χ0n) is 12.2. The number of methoxy groups -OCH3 is 1. The minimum absolute atomic E-state index is 0.0267. The molecule has 0 saturated carbocycles. The van der Waals surface area contributed by atoms with Gasteiger partial charge in [0.1, 0.15) is 5.75 Å². The molecule has 0 heterocycles. The first-order valence-corrected chi connectivity index (χ1v) is 6.97. The normalized spacial score (nSPS) is 23.0. The number of hydrogen-bond donors (Lipinski definition) is 2. The van der Waals surface area contributed by atoms with Gasteiger partial charge in [-0.05, 0) is 68.2 Å². The van der Waals surface area contributed by atoms with Crippen LogP contribution < -0.4 is 10.5 Å². The van der Waals surface area contributed by atoms with E-state index in [2.05, 4.69) is 26.0 Å². The molecule has 3 N–H and O–H groups in total. The van der Waals surface area contributed by atoms with Crippen LogP contribution in [0.25, 0.3) is 0 Å². The lowest BCUT2D eigenvalue weighted by atomic mass is 9.60. The summed E-state index contributed by atoms with van der Waals surface area (Å²) in [6.45, 7) is 4.35. The maximum Gasteiger partial charge on any atom is 0.119 e. The highest BCUT2D eigenvalue weighted by Crippen LogP contribution is 2.45. The molecule has 0 bridgehead atoms. The molecule has 0 amide bonds. The van der Waals surface area contributed by atoms with Crippen molar-refractivity contribution in [2.75, 3.05) is 13.7 Å². The number of aryl methyl sites for hydroxylation is 1. The minimum Gasteiger partial charge on any atom is -0.497 e. The van der Waals surface area contributed by atoms with Gasteiger partial charge in [-0.2, -0.15) is 0 Å². The third kappa shape index (κ3) is 2.63. The zero-order chi connectivity index (χ0) is 14.1. The summed E-state index contributed by atoms with van der Waals surface area (Å²) in [5, 5.41) is 9.42. The lowest BCUT2D eigenvalue weighted by molar-refractivity contribution is 0.0824. The van der Waals surface area contributed by atoms with E-state index in [4.69, 9.17) is 10.5 Å². The minimum atomic E-state index is -0.295. The third-order valence-electron chi connectivity index (χ3n) is 4.77. The van der Waals surface area contributed by atoms with Crippen molar-refractivity contribution in [1.29, 1.82) is 0 Å². The lowest BCUT2D eigenvalue weighted by Gasteiger charge is -2.47. The Labute approximate surface area is 115 Å². The summed E-state index contributed by atoms with van der Waals surface area (Å²) < 4.78 is 5.31. The van der Waals surface area contributed by atoms with Crippen LogP contribution in [0.15, 0.2) is 18.2 Å². The molecule has 0 radical (unpaired) electrons. The number of fused-ring (bicyclic) bond motifs is 1. The Bertz CT molecular complexity index is 451. The second-order valence-electron chi connectivity index (χ2n) is 6.29. The van der Waals surface area contributed by atoms with Crippen molar-refractivity contribution in [3.8, 4) is 5.75 Å². The molecule has 3 nitrogen and oxygen atoms in total. The third-order valence-corrected chi connectivity index (χ3v) is 4.77. The van der Waals surface area contributed by atoms with Crippen LogP contribution in [0.4, 0.5) is 0 Å². The molecule has 106 valence electrons. The van der Waals surface area contributed by atoms with Gasteiger partial charge < -0.3 is 15.6 Å². The first-order chi connectivity index (χ1) is 8.92. The maximum atomic E-state index is 9.42. The molecule has 1 aromatic carbocycles. The highest BCUT2D eigenvalue weighted by molar-refractivity contribution is 5.39. The SMILES string of the molecule is COc1ccc2c(c1)CC(CCO)(C(C)(C)N)CC2. The molecule has 19 heavy (non-hydrogen) atoms. The van der Waals surface area contributed by atoms with Gasteiger partial charge in [-0.15, -0.1) is 0 Å². The monoisotopic (exact) mass is 263 g/mol. The topological polar surface area (TPSA) is 55.5 Å². The smallest absolute Gasteiger partial charge is 0.119 e. The van der Waals surface area contributed by atoms with Crippen molar-refractivity contribution < 1.29 is 9.84 Å². The number of ether oxygens (including phenoxy) is 1. The van der Waals surface area contributed by atoms with E-state index in [-0.39, 0.29) is 17.6 Å². The highest BCUT2D eigenvalue weighted by Gasteiger charge is 2.44. The maximum absolute atomic E-state index is 9.42. The Morgan fingerprint density at radius 2 is 2.11 bits per heavy atom. The molecule has 1 aliphatic rings. The molecule has 3 heteroatoms. The van der Waals surface area contributed by atoms with Gasteiger partial charge in [0, 0.05) is 12.1 Å². The summed E-state index contributed by atoms with van der Waals surface area (Å²) in [6.07, 6.45) is 3.74. The summed E-state index contributed by atoms with van der Waals surface area (Å²) in [7, 11) is 1.69. The van der Waals surface area contributed by atoms with E-state index >= 15 is 0 Å². The Hall–Kier alpha value is -1.06. The van der Waals surface area contributed by atoms with E-state index in [1.165, 1.54) is 11.1 Å². The Kier molecular flexibility index (Phi) is 3.88. The van der Waals surface area contributed by atoms with E-state index in [0.717, 1.165) is 31.4 Å². The van der Waals surface area contributed by atoms with Gasteiger partial charge >= 0.3 is 0 Å². The van der Waals surface area contributed by atoms with Gasteiger partial charge in [-0.3, -0.25) is 0 Å². The highest BCUT2D eigenvalue weighted by atomic mass is 16.5. The number of aliphatic hydroxyl groups excluding tert-OH is 1. The van der Waals surface area contributed by atoms with Crippen LogP contribution in [0.5, 0.6) is 5.75 Å². The summed E-state index contributed by atoms with van der Waals surface area (Å²) in [5.41, 5.74) is 8.80. The van der Waals surface area contributed by atoms with Gasteiger partial charge in [0.2, 0.25) is 0 Å². The van der Waals surface area contributed by atoms with E-state index in [1.807, 2.05) is 6.07 Å². The van der Waals surface area contributed by atoms with Crippen molar-refractivity contribution in [1.82, 2.24) is 0 Å². The first kappa shape index (κ1) is 14.4. The Balaban J connectivity index is 2.37. The van der Waals surface area contributed by atoms with Crippen LogP contribution in [0.1, 0.15) is 37.8 Å². The standard InChI is InChI=1S/C16H25NO2/c1-15(2,17)16(8-9-18)7-6-12-4-5-14(19-3)10-13(12)11-16/h4-5,10,18H,6-9,11,17H2,1-3H3. The molecule has 1 atom stereocenters. The van der Waals surface area contributed by atoms with Crippen molar-refractivity contribution in [2.45, 2.75) is 45.1 Å². The lowest BCUT2D eigenvalue weighted by Crippen LogP contribution is -2.54. The summed E-state index contributed by atoms with van der Waals surface area (Å²) >= 11 is 0. The Morgan fingerprint density at radius 1 is 1.37 bits per heavy atom. The van der Waals surface area contributed by atoms with Gasteiger partial charge in [-0.25, -0.2) is 0 Å². The second kappa shape index (κ2) is 5.14. The number of aliphatic hydroxyl groups is 1. The first-order valence-electron chi connectivity index (χ1n) is 6.97. The van der Waals surface area contributed by atoms with Crippen molar-refractivity contribution in [3.63, 3.8) is 0 Å². The average Bonchev–Trinajstić information content (AvgIpc) is 2.37. The van der Waals surface area contributed by atoms with Crippen LogP contribution >= 0.6 is 0 Å². The van der Waals surface area contributed by atoms with Crippen LogP contribution in [-0.2, 0) is 12.8 Å². The molecule has 0 fully saturated rings. The molecule has 0 aliphatic heterocycles. The predicted octanol–water partition coefficient (Wildman–Crippen LogP) is 2.29. The summed E-state index contributed by atoms with van der Waals surface area (Å²) in [5.74, 6) is 0.897. The molecular formula is C16H25NO2. The molecule has 2 rings (SSSR count). The van der Waals surface area contributed by atoms with Gasteiger partial charge in [0.25, 0.3) is 0 Å². The largest absolute Gasteiger partial charge is 0.497 e. The molecule has 1 aliphatic carbocycles. The van der Waals surface area contributed by atoms with Crippen LogP contribution in [0.2, 0.25) is 0 Å². The molecule has 1 unspecified atom stereocenters. The van der Waals surface area contributed by atoms with E-state index in [0.29, 0.717) is 0 Å². The number of benzene rings is 1. The fourth-order valence-electron chi connectivity index (χ4n) is 3.26. The number of nitrogens with two attached hydrogens (primary N) is 1. The van der Waals surface area contributed by atoms with Gasteiger partial charge in [0.15, 0.2) is 0 Å². The predicted molar refractivity (Wildman–Crippen MR) is 77.4 cm³/mol. The van der Waals surface area contributed by atoms with Crippen molar-refractivity contribution in [3.05, 3.63) is 29.3 Å². The molecule has 0 spiro atoms. The van der Waals surface area contributed by atoms with Crippen LogP contribution in [0, 0.1) is 5.41 Å². The van der Waals surface area contributed by atoms with Crippen molar-refractivity contribution in [2.24, 2.45) is 11.1 Å².